The molecule has 0 bridgehead atoms. The molecule has 0 spiro atoms. The van der Waals surface area contributed by atoms with Crippen LogP contribution in [0.1, 0.15) is 108 Å². The molecule has 0 N–H and O–H groups in total. The third-order valence-electron chi connectivity index (χ3n) is 6.78. The maximum absolute atomic E-state index is 4.72. The molecule has 0 aliphatic rings. The van der Waals surface area contributed by atoms with Crippen molar-refractivity contribution in [3.05, 3.63) is 66.0 Å². The Bertz CT molecular complexity index is 680. The monoisotopic (exact) mass is 437 g/mol. The molecule has 32 heavy (non-hydrogen) atoms. The summed E-state index contributed by atoms with van der Waals surface area (Å²) in [7, 11) is 4.73. The van der Waals surface area contributed by atoms with E-state index in [0.29, 0.717) is 5.92 Å². The SMILES string of the molecule is CCCCCCCCCCCCC(CCC[N+](C)(C)Cc1ccccc1)c1ccccn1. The second kappa shape index (κ2) is 16.0. The molecule has 2 heteroatoms. The second-order valence-corrected chi connectivity index (χ2v) is 10.4. The molecule has 0 saturated carbocycles. The molecule has 1 aromatic carbocycles. The molecule has 0 fully saturated rings. The summed E-state index contributed by atoms with van der Waals surface area (Å²) >= 11 is 0. The zero-order valence-electron chi connectivity index (χ0n) is 21.3. The highest BCUT2D eigenvalue weighted by atomic mass is 15.3. The lowest BCUT2D eigenvalue weighted by Crippen LogP contribution is -2.39. The van der Waals surface area contributed by atoms with Gasteiger partial charge in [-0.25, -0.2) is 0 Å². The van der Waals surface area contributed by atoms with Gasteiger partial charge in [0.15, 0.2) is 0 Å². The van der Waals surface area contributed by atoms with Gasteiger partial charge in [0.1, 0.15) is 6.54 Å². The fraction of sp³-hybridized carbons (Fsp3) is 0.633. The minimum absolute atomic E-state index is 0.613. The number of benzene rings is 1. The third kappa shape index (κ3) is 11.8. The molecular formula is C30H49N2+. The maximum Gasteiger partial charge on any atom is 0.104 e. The van der Waals surface area contributed by atoms with Crippen LogP contribution in [0.15, 0.2) is 54.7 Å². The fourth-order valence-electron chi connectivity index (χ4n) is 4.86. The number of hydrogen-bond donors (Lipinski definition) is 0. The quantitative estimate of drug-likeness (QED) is 0.168. The number of rotatable bonds is 18. The van der Waals surface area contributed by atoms with Gasteiger partial charge in [0.05, 0.1) is 20.6 Å². The van der Waals surface area contributed by atoms with E-state index in [-0.39, 0.29) is 0 Å². The summed E-state index contributed by atoms with van der Waals surface area (Å²) in [5, 5.41) is 0. The van der Waals surface area contributed by atoms with Gasteiger partial charge in [0.25, 0.3) is 0 Å². The van der Waals surface area contributed by atoms with Gasteiger partial charge in [-0.2, -0.15) is 0 Å². The Morgan fingerprint density at radius 3 is 1.91 bits per heavy atom. The summed E-state index contributed by atoms with van der Waals surface area (Å²) in [5.41, 5.74) is 2.74. The van der Waals surface area contributed by atoms with Crippen LogP contribution >= 0.6 is 0 Å². The van der Waals surface area contributed by atoms with Crippen LogP contribution in [0.5, 0.6) is 0 Å². The van der Waals surface area contributed by atoms with Gasteiger partial charge in [0.2, 0.25) is 0 Å². The first-order valence-electron chi connectivity index (χ1n) is 13.4. The summed E-state index contributed by atoms with van der Waals surface area (Å²) in [6.07, 6.45) is 19.8. The standard InChI is InChI=1S/C30H49N2/c1-4-5-6-7-8-9-10-11-12-16-22-29(30-24-17-18-25-31-30)23-19-26-32(2,3)27-28-20-14-13-15-21-28/h13-15,17-18,20-21,24-25,29H,4-12,16,19,22-23,26-27H2,1-3H3/q+1. The molecule has 1 heterocycles. The number of aromatic nitrogens is 1. The molecule has 0 amide bonds. The van der Waals surface area contributed by atoms with Gasteiger partial charge in [-0.15, -0.1) is 0 Å². The predicted octanol–water partition coefficient (Wildman–Crippen LogP) is 8.53. The minimum Gasteiger partial charge on any atom is -0.325 e. The maximum atomic E-state index is 4.72. The van der Waals surface area contributed by atoms with E-state index in [1.54, 1.807) is 0 Å². The largest absolute Gasteiger partial charge is 0.325 e. The average molecular weight is 438 g/mol. The second-order valence-electron chi connectivity index (χ2n) is 10.4. The minimum atomic E-state index is 0.613. The summed E-state index contributed by atoms with van der Waals surface area (Å²) < 4.78 is 1.05. The third-order valence-corrected chi connectivity index (χ3v) is 6.78. The van der Waals surface area contributed by atoms with Crippen LogP contribution in [0.4, 0.5) is 0 Å². The molecule has 1 aromatic heterocycles. The van der Waals surface area contributed by atoms with Gasteiger partial charge in [-0.3, -0.25) is 4.98 Å². The van der Waals surface area contributed by atoms with E-state index in [9.17, 15) is 0 Å². The van der Waals surface area contributed by atoms with E-state index >= 15 is 0 Å². The van der Waals surface area contributed by atoms with E-state index < -0.39 is 0 Å². The molecule has 1 atom stereocenters. The van der Waals surface area contributed by atoms with Gasteiger partial charge < -0.3 is 4.48 Å². The van der Waals surface area contributed by atoms with Gasteiger partial charge in [-0.1, -0.05) is 108 Å². The van der Waals surface area contributed by atoms with Gasteiger partial charge in [0, 0.05) is 23.4 Å². The molecule has 0 aliphatic heterocycles. The Morgan fingerprint density at radius 1 is 0.688 bits per heavy atom. The van der Waals surface area contributed by atoms with Crippen molar-refractivity contribution < 1.29 is 4.48 Å². The lowest BCUT2D eigenvalue weighted by molar-refractivity contribution is -0.903. The Balaban J connectivity index is 1.69. The number of pyridine rings is 1. The van der Waals surface area contributed by atoms with Crippen molar-refractivity contribution in [1.82, 2.24) is 4.98 Å². The van der Waals surface area contributed by atoms with Crippen LogP contribution in [-0.4, -0.2) is 30.1 Å². The van der Waals surface area contributed by atoms with Crippen molar-refractivity contribution in [3.63, 3.8) is 0 Å². The van der Waals surface area contributed by atoms with Crippen LogP contribution in [0.2, 0.25) is 0 Å². The molecule has 1 unspecified atom stereocenters. The summed E-state index contributed by atoms with van der Waals surface area (Å²) in [4.78, 5) is 4.72. The molecule has 178 valence electrons. The highest BCUT2D eigenvalue weighted by Crippen LogP contribution is 2.27. The number of nitrogens with zero attached hydrogens (tertiary/aromatic N) is 2. The van der Waals surface area contributed by atoms with Crippen molar-refractivity contribution in [2.24, 2.45) is 0 Å². The van der Waals surface area contributed by atoms with E-state index in [1.165, 1.54) is 101 Å². The molecule has 2 rings (SSSR count). The Hall–Kier alpha value is -1.67. The number of hydrogen-bond acceptors (Lipinski definition) is 1. The molecule has 0 radical (unpaired) electrons. The van der Waals surface area contributed by atoms with Crippen molar-refractivity contribution in [1.29, 1.82) is 0 Å². The van der Waals surface area contributed by atoms with E-state index in [4.69, 9.17) is 4.98 Å². The molecular weight excluding hydrogens is 388 g/mol. The van der Waals surface area contributed by atoms with Crippen LogP contribution < -0.4 is 0 Å². The molecule has 0 aliphatic carbocycles. The zero-order chi connectivity index (χ0) is 22.9. The first-order chi connectivity index (χ1) is 15.6. The van der Waals surface area contributed by atoms with Crippen LogP contribution in [0, 0.1) is 0 Å². The van der Waals surface area contributed by atoms with Crippen molar-refractivity contribution >= 4 is 0 Å². The average Bonchev–Trinajstić information content (AvgIpc) is 2.80. The Morgan fingerprint density at radius 2 is 1.28 bits per heavy atom. The number of unbranched alkanes of at least 4 members (excludes halogenated alkanes) is 9. The fourth-order valence-corrected chi connectivity index (χ4v) is 4.86. The lowest BCUT2D eigenvalue weighted by atomic mass is 9.92. The smallest absolute Gasteiger partial charge is 0.104 e. The van der Waals surface area contributed by atoms with Crippen LogP contribution in [-0.2, 0) is 6.54 Å². The van der Waals surface area contributed by atoms with Gasteiger partial charge in [-0.05, 0) is 31.4 Å². The topological polar surface area (TPSA) is 12.9 Å². The highest BCUT2D eigenvalue weighted by molar-refractivity contribution is 5.13. The van der Waals surface area contributed by atoms with Crippen LogP contribution in [0.25, 0.3) is 0 Å². The van der Waals surface area contributed by atoms with E-state index in [0.717, 1.165) is 11.0 Å². The summed E-state index contributed by atoms with van der Waals surface area (Å²) in [5.74, 6) is 0.613. The lowest BCUT2D eigenvalue weighted by Gasteiger charge is -2.30. The van der Waals surface area contributed by atoms with Crippen molar-refractivity contribution in [2.45, 2.75) is 103 Å². The molecule has 2 aromatic rings. The van der Waals surface area contributed by atoms with E-state index in [2.05, 4.69) is 63.5 Å². The predicted molar refractivity (Wildman–Crippen MR) is 140 cm³/mol. The highest BCUT2D eigenvalue weighted by Gasteiger charge is 2.18. The molecule has 0 saturated heterocycles. The van der Waals surface area contributed by atoms with Crippen molar-refractivity contribution in [3.8, 4) is 0 Å². The first-order valence-corrected chi connectivity index (χ1v) is 13.4. The van der Waals surface area contributed by atoms with Crippen LogP contribution in [0.3, 0.4) is 0 Å². The summed E-state index contributed by atoms with van der Waals surface area (Å²) in [6, 6.07) is 17.4. The number of quaternary nitrogens is 1. The normalized spacial score (nSPS) is 12.7. The van der Waals surface area contributed by atoms with E-state index in [1.807, 2.05) is 12.3 Å². The summed E-state index contributed by atoms with van der Waals surface area (Å²) in [6.45, 7) is 4.62. The first kappa shape index (κ1) is 26.6. The zero-order valence-corrected chi connectivity index (χ0v) is 21.3. The Labute approximate surface area is 199 Å². The molecule has 2 nitrogen and oxygen atoms in total. The van der Waals surface area contributed by atoms with Crippen molar-refractivity contribution in [2.75, 3.05) is 20.6 Å². The Kier molecular flexibility index (Phi) is 13.3. The van der Waals surface area contributed by atoms with Gasteiger partial charge >= 0.3 is 0 Å².